The van der Waals surface area contributed by atoms with Crippen LogP contribution in [0.5, 0.6) is 0 Å². The number of likely N-dealkylation sites (N-methyl/N-ethyl adjacent to an activating group) is 1. The van der Waals surface area contributed by atoms with E-state index in [1.807, 2.05) is 18.2 Å². The minimum atomic E-state index is -4.62. The summed E-state index contributed by atoms with van der Waals surface area (Å²) in [6, 6.07) is 19.9. The molecule has 5 rings (SSSR count). The number of aromatic amines is 1. The van der Waals surface area contributed by atoms with E-state index in [9.17, 15) is 18.0 Å². The molecule has 7 nitrogen and oxygen atoms in total. The molecule has 0 radical (unpaired) electrons. The van der Waals surface area contributed by atoms with Crippen LogP contribution in [-0.2, 0) is 6.18 Å². The molecule has 1 aliphatic rings. The number of halogens is 4. The van der Waals surface area contributed by atoms with E-state index in [0.717, 1.165) is 60.8 Å². The fourth-order valence-electron chi connectivity index (χ4n) is 4.37. The molecule has 0 spiro atoms. The summed E-state index contributed by atoms with van der Waals surface area (Å²) in [6.07, 6.45) is -4.62. The number of urea groups is 1. The first-order valence-electron chi connectivity index (χ1n) is 12.3. The third-order valence-electron chi connectivity index (χ3n) is 6.59. The molecule has 0 unspecified atom stereocenters. The Bertz CT molecular complexity index is 1450. The summed E-state index contributed by atoms with van der Waals surface area (Å²) in [5.41, 5.74) is 4.12. The van der Waals surface area contributed by atoms with Crippen LogP contribution >= 0.6 is 11.6 Å². The Morgan fingerprint density at radius 1 is 0.872 bits per heavy atom. The minimum Gasteiger partial charge on any atom is -0.369 e. The average molecular weight is 555 g/mol. The number of nitrogens with zero attached hydrogens (tertiary/aromatic N) is 3. The highest BCUT2D eigenvalue weighted by Crippen LogP contribution is 2.36. The fraction of sp³-hybridized carbons (Fsp3) is 0.214. The molecule has 3 aromatic carbocycles. The number of carbonyl (C=O) groups is 1. The number of hydrogen-bond donors (Lipinski definition) is 3. The number of anilines is 3. The monoisotopic (exact) mass is 554 g/mol. The molecule has 1 fully saturated rings. The van der Waals surface area contributed by atoms with Crippen LogP contribution in [0, 0.1) is 0 Å². The van der Waals surface area contributed by atoms with Crippen LogP contribution in [0.4, 0.5) is 35.0 Å². The van der Waals surface area contributed by atoms with Gasteiger partial charge in [-0.05, 0) is 61.1 Å². The lowest BCUT2D eigenvalue weighted by Crippen LogP contribution is -2.44. The van der Waals surface area contributed by atoms with Gasteiger partial charge in [0.25, 0.3) is 0 Å². The van der Waals surface area contributed by atoms with Crippen LogP contribution in [0.1, 0.15) is 5.56 Å². The van der Waals surface area contributed by atoms with E-state index in [2.05, 4.69) is 61.9 Å². The molecule has 3 N–H and O–H groups in total. The number of piperazine rings is 1. The molecule has 39 heavy (non-hydrogen) atoms. The first kappa shape index (κ1) is 26.6. The number of aromatic nitrogens is 2. The Morgan fingerprint density at radius 2 is 1.49 bits per heavy atom. The predicted octanol–water partition coefficient (Wildman–Crippen LogP) is 6.81. The summed E-state index contributed by atoms with van der Waals surface area (Å²) >= 11 is 5.63. The predicted molar refractivity (Wildman–Crippen MR) is 148 cm³/mol. The number of rotatable bonds is 5. The van der Waals surface area contributed by atoms with Crippen molar-refractivity contribution in [1.29, 1.82) is 0 Å². The molecule has 1 saturated heterocycles. The lowest BCUT2D eigenvalue weighted by atomic mass is 10.1. The molecule has 11 heteroatoms. The number of amides is 2. The number of alkyl halides is 3. The molecule has 202 valence electrons. The highest BCUT2D eigenvalue weighted by atomic mass is 35.5. The lowest BCUT2D eigenvalue weighted by molar-refractivity contribution is -0.137. The first-order chi connectivity index (χ1) is 18.7. The molecule has 0 aliphatic carbocycles. The summed E-state index contributed by atoms with van der Waals surface area (Å²) in [5.74, 6) is 0. The van der Waals surface area contributed by atoms with E-state index >= 15 is 0 Å². The smallest absolute Gasteiger partial charge is 0.369 e. The van der Waals surface area contributed by atoms with Crippen molar-refractivity contribution in [1.82, 2.24) is 15.1 Å². The Hall–Kier alpha value is -4.02. The summed E-state index contributed by atoms with van der Waals surface area (Å²) in [5, 5.41) is 12.1. The van der Waals surface area contributed by atoms with Gasteiger partial charge in [0.15, 0.2) is 0 Å². The third-order valence-corrected chi connectivity index (χ3v) is 6.92. The number of nitrogens with one attached hydrogen (secondary N) is 3. The highest BCUT2D eigenvalue weighted by molar-refractivity contribution is 6.31. The van der Waals surface area contributed by atoms with Gasteiger partial charge in [0.05, 0.1) is 22.0 Å². The molecule has 1 aromatic heterocycles. The summed E-state index contributed by atoms with van der Waals surface area (Å²) in [7, 11) is 2.14. The topological polar surface area (TPSA) is 76.3 Å². The zero-order chi connectivity index (χ0) is 27.6. The highest BCUT2D eigenvalue weighted by Gasteiger charge is 2.33. The van der Waals surface area contributed by atoms with E-state index in [-0.39, 0.29) is 5.69 Å². The normalized spacial score (nSPS) is 14.3. The molecule has 0 atom stereocenters. The van der Waals surface area contributed by atoms with Crippen molar-refractivity contribution in [2.24, 2.45) is 0 Å². The van der Waals surface area contributed by atoms with E-state index in [1.54, 1.807) is 12.1 Å². The third kappa shape index (κ3) is 6.35. The van der Waals surface area contributed by atoms with Crippen molar-refractivity contribution in [3.05, 3.63) is 83.4 Å². The molecular formula is C28H26ClF3N6O. The van der Waals surface area contributed by atoms with Gasteiger partial charge in [0.1, 0.15) is 0 Å². The molecular weight excluding hydrogens is 529 g/mol. The maximum Gasteiger partial charge on any atom is 0.417 e. The van der Waals surface area contributed by atoms with Crippen LogP contribution in [0.15, 0.2) is 72.8 Å². The standard InChI is InChI=1S/C28H26ClF3N6O/c1-37-12-14-38(15-13-37)22-9-4-19(5-10-22)26-17-25(35-36-26)18-2-6-20(7-3-18)33-27(39)34-21-8-11-24(29)23(16-21)28(30,31)32/h2-11,16-17H,12-15H2,1H3,(H,35,36)(H2,33,34,39). The minimum absolute atomic E-state index is 0.0256. The Kier molecular flexibility index (Phi) is 7.49. The van der Waals surface area contributed by atoms with Crippen molar-refractivity contribution in [3.63, 3.8) is 0 Å². The van der Waals surface area contributed by atoms with Gasteiger partial charge in [-0.2, -0.15) is 18.3 Å². The zero-order valence-electron chi connectivity index (χ0n) is 21.0. The van der Waals surface area contributed by atoms with Gasteiger partial charge in [-0.3, -0.25) is 5.10 Å². The van der Waals surface area contributed by atoms with Crippen LogP contribution < -0.4 is 15.5 Å². The van der Waals surface area contributed by atoms with Crippen LogP contribution in [-0.4, -0.2) is 54.4 Å². The zero-order valence-corrected chi connectivity index (χ0v) is 21.8. The van der Waals surface area contributed by atoms with Crippen LogP contribution in [0.25, 0.3) is 22.5 Å². The number of H-pyrrole nitrogens is 1. The summed E-state index contributed by atoms with van der Waals surface area (Å²) in [4.78, 5) is 17.0. The maximum atomic E-state index is 13.1. The average Bonchev–Trinajstić information content (AvgIpc) is 3.41. The van der Waals surface area contributed by atoms with Gasteiger partial charge in [-0.15, -0.1) is 0 Å². The van der Waals surface area contributed by atoms with Gasteiger partial charge in [0.2, 0.25) is 0 Å². The quantitative estimate of drug-likeness (QED) is 0.253. The Labute approximate surface area is 228 Å². The Balaban J connectivity index is 1.20. The number of carbonyl (C=O) groups excluding carboxylic acids is 1. The van der Waals surface area contributed by atoms with Gasteiger partial charge in [0, 0.05) is 48.8 Å². The Morgan fingerprint density at radius 3 is 2.15 bits per heavy atom. The van der Waals surface area contributed by atoms with E-state index in [1.165, 1.54) is 11.8 Å². The molecule has 2 amide bonds. The second-order valence-corrected chi connectivity index (χ2v) is 9.76. The van der Waals surface area contributed by atoms with E-state index in [4.69, 9.17) is 11.6 Å². The molecule has 1 aliphatic heterocycles. The van der Waals surface area contributed by atoms with Gasteiger partial charge >= 0.3 is 12.2 Å². The molecule has 0 saturated carbocycles. The van der Waals surface area contributed by atoms with Crippen LogP contribution in [0.3, 0.4) is 0 Å². The fourth-order valence-corrected chi connectivity index (χ4v) is 4.60. The lowest BCUT2D eigenvalue weighted by Gasteiger charge is -2.34. The largest absolute Gasteiger partial charge is 0.417 e. The SMILES string of the molecule is CN1CCN(c2ccc(-c3cc(-c4ccc(NC(=O)Nc5ccc(Cl)c(C(F)(F)F)c5)cc4)[nH]n3)cc2)CC1. The number of benzene rings is 3. The molecule has 0 bridgehead atoms. The summed E-state index contributed by atoms with van der Waals surface area (Å²) < 4.78 is 39.2. The molecule has 2 heterocycles. The van der Waals surface area contributed by atoms with Gasteiger partial charge in [-0.1, -0.05) is 35.9 Å². The van der Waals surface area contributed by atoms with Crippen molar-refractivity contribution >= 4 is 34.7 Å². The number of hydrogen-bond acceptors (Lipinski definition) is 4. The van der Waals surface area contributed by atoms with Gasteiger partial charge in [-0.25, -0.2) is 4.79 Å². The van der Waals surface area contributed by atoms with E-state index < -0.39 is 22.8 Å². The van der Waals surface area contributed by atoms with Gasteiger partial charge < -0.3 is 20.4 Å². The first-order valence-corrected chi connectivity index (χ1v) is 12.7. The van der Waals surface area contributed by atoms with Crippen LogP contribution in [0.2, 0.25) is 5.02 Å². The second-order valence-electron chi connectivity index (χ2n) is 9.35. The van der Waals surface area contributed by atoms with Crippen molar-refractivity contribution in [2.75, 3.05) is 48.8 Å². The van der Waals surface area contributed by atoms with Crippen molar-refractivity contribution in [3.8, 4) is 22.5 Å². The van der Waals surface area contributed by atoms with Crippen molar-refractivity contribution in [2.45, 2.75) is 6.18 Å². The molecule has 4 aromatic rings. The second kappa shape index (κ2) is 11.0. The van der Waals surface area contributed by atoms with E-state index in [0.29, 0.717) is 5.69 Å². The van der Waals surface area contributed by atoms with Crippen molar-refractivity contribution < 1.29 is 18.0 Å². The summed E-state index contributed by atoms with van der Waals surface area (Å²) in [6.45, 7) is 4.12. The maximum absolute atomic E-state index is 13.1.